The molecule has 1 heterocycles. The maximum absolute atomic E-state index is 13.0. The lowest BCUT2D eigenvalue weighted by atomic mass is 10.00. The van der Waals surface area contributed by atoms with Crippen molar-refractivity contribution in [1.82, 2.24) is 4.90 Å². The van der Waals surface area contributed by atoms with Crippen LogP contribution in [0.25, 0.3) is 11.1 Å². The Hall–Kier alpha value is -2.71. The molecule has 0 aromatic heterocycles. The maximum Gasteiger partial charge on any atom is 0.181 e. The van der Waals surface area contributed by atoms with Gasteiger partial charge in [0.25, 0.3) is 0 Å². The van der Waals surface area contributed by atoms with Gasteiger partial charge >= 0.3 is 0 Å². The molecule has 1 aliphatic rings. The number of ketones is 1. The van der Waals surface area contributed by atoms with Crippen LogP contribution in [0.2, 0.25) is 0 Å². The number of hydrogen-bond acceptors (Lipinski definition) is 2. The van der Waals surface area contributed by atoms with Crippen molar-refractivity contribution in [2.24, 2.45) is 0 Å². The van der Waals surface area contributed by atoms with Crippen LogP contribution in [-0.4, -0.2) is 22.8 Å². The number of Topliss-reactive ketones (excluding diaryl/α,β-unsaturated/α-hetero) is 1. The van der Waals surface area contributed by atoms with Crippen molar-refractivity contribution in [3.63, 3.8) is 0 Å². The number of rotatable bonds is 5. The van der Waals surface area contributed by atoms with E-state index in [1.54, 1.807) is 0 Å². The van der Waals surface area contributed by atoms with Gasteiger partial charge < -0.3 is 0 Å². The zero-order valence-electron chi connectivity index (χ0n) is 15.2. The van der Waals surface area contributed by atoms with Crippen molar-refractivity contribution in [3.05, 3.63) is 96.1 Å². The fourth-order valence-electron chi connectivity index (χ4n) is 3.80. The molecule has 1 saturated heterocycles. The Labute approximate surface area is 155 Å². The minimum absolute atomic E-state index is 0.0556. The molecule has 1 unspecified atom stereocenters. The molecule has 0 N–H and O–H groups in total. The number of carbonyl (C=O) groups is 1. The summed E-state index contributed by atoms with van der Waals surface area (Å²) >= 11 is 0. The lowest BCUT2D eigenvalue weighted by Crippen LogP contribution is -2.18. The third kappa shape index (κ3) is 3.09. The molecule has 3 aromatic rings. The second kappa shape index (κ2) is 6.89. The highest BCUT2D eigenvalue weighted by Gasteiger charge is 2.54. The van der Waals surface area contributed by atoms with Crippen LogP contribution < -0.4 is 0 Å². The first kappa shape index (κ1) is 16.7. The van der Waals surface area contributed by atoms with Crippen molar-refractivity contribution < 1.29 is 4.79 Å². The van der Waals surface area contributed by atoms with Gasteiger partial charge in [0, 0.05) is 11.6 Å². The van der Waals surface area contributed by atoms with Crippen LogP contribution in [0, 0.1) is 0 Å². The molecule has 3 atom stereocenters. The second-order valence-corrected chi connectivity index (χ2v) is 7.15. The molecule has 0 bridgehead atoms. The Bertz CT molecular complexity index is 885. The highest BCUT2D eigenvalue weighted by atomic mass is 16.1. The van der Waals surface area contributed by atoms with E-state index < -0.39 is 0 Å². The normalized spacial score (nSPS) is 21.6. The molecule has 1 aliphatic heterocycles. The van der Waals surface area contributed by atoms with E-state index in [4.69, 9.17) is 0 Å². The Kier molecular flexibility index (Phi) is 4.44. The Morgan fingerprint density at radius 2 is 1.31 bits per heavy atom. The van der Waals surface area contributed by atoms with Crippen LogP contribution in [0.3, 0.4) is 0 Å². The van der Waals surface area contributed by atoms with E-state index in [0.717, 1.165) is 5.56 Å². The summed E-state index contributed by atoms with van der Waals surface area (Å²) in [5.41, 5.74) is 4.43. The lowest BCUT2D eigenvalue weighted by molar-refractivity contribution is 0.0969. The van der Waals surface area contributed by atoms with Crippen LogP contribution in [0.5, 0.6) is 0 Å². The van der Waals surface area contributed by atoms with Gasteiger partial charge in [0.05, 0.1) is 12.1 Å². The van der Waals surface area contributed by atoms with Gasteiger partial charge in [-0.25, -0.2) is 0 Å². The summed E-state index contributed by atoms with van der Waals surface area (Å²) in [6, 6.07) is 29.1. The molecule has 130 valence electrons. The van der Waals surface area contributed by atoms with Gasteiger partial charge in [-0.3, -0.25) is 9.69 Å². The van der Waals surface area contributed by atoms with Crippen LogP contribution in [-0.2, 0) is 0 Å². The number of nitrogens with zero attached hydrogens (tertiary/aromatic N) is 1. The summed E-state index contributed by atoms with van der Waals surface area (Å²) in [7, 11) is 0. The van der Waals surface area contributed by atoms with Crippen molar-refractivity contribution >= 4 is 5.78 Å². The third-order valence-electron chi connectivity index (χ3n) is 5.13. The fraction of sp³-hybridized carbons (Fsp3) is 0.208. The molecule has 2 heteroatoms. The minimum atomic E-state index is -0.0556. The summed E-state index contributed by atoms with van der Waals surface area (Å²) in [5, 5.41) is 0. The first-order chi connectivity index (χ1) is 12.7. The van der Waals surface area contributed by atoms with Gasteiger partial charge in [0.2, 0.25) is 0 Å². The summed E-state index contributed by atoms with van der Waals surface area (Å²) in [5.74, 6) is 0.219. The van der Waals surface area contributed by atoms with Gasteiger partial charge in [-0.1, -0.05) is 84.9 Å². The summed E-state index contributed by atoms with van der Waals surface area (Å²) < 4.78 is 0. The van der Waals surface area contributed by atoms with Crippen molar-refractivity contribution in [3.8, 4) is 11.1 Å². The van der Waals surface area contributed by atoms with Gasteiger partial charge in [0.1, 0.15) is 0 Å². The highest BCUT2D eigenvalue weighted by molar-refractivity contribution is 6.02. The number of hydrogen-bond donors (Lipinski definition) is 0. The van der Waals surface area contributed by atoms with Crippen molar-refractivity contribution in [2.75, 3.05) is 0 Å². The van der Waals surface area contributed by atoms with Crippen molar-refractivity contribution in [1.29, 1.82) is 0 Å². The molecule has 0 radical (unpaired) electrons. The smallest absolute Gasteiger partial charge is 0.181 e. The van der Waals surface area contributed by atoms with Crippen LogP contribution in [0.15, 0.2) is 84.9 Å². The molecular weight excluding hydrogens is 318 g/mol. The Balaban J connectivity index is 1.59. The minimum Gasteiger partial charge on any atom is -0.292 e. The van der Waals surface area contributed by atoms with Crippen molar-refractivity contribution in [2.45, 2.75) is 32.0 Å². The quantitative estimate of drug-likeness (QED) is 0.459. The number of benzene rings is 3. The monoisotopic (exact) mass is 341 g/mol. The fourth-order valence-corrected chi connectivity index (χ4v) is 3.80. The predicted octanol–water partition coefficient (Wildman–Crippen LogP) is 5.37. The standard InChI is InChI=1S/C24H23NO/c1-17(2)25-22(23(25)24(26)21-11-7-4-8-12-21)20-15-13-19(14-16-20)18-9-5-3-6-10-18/h3-17,22-23H,1-2H3/t22-,23-,25?/m0/s1. The second-order valence-electron chi connectivity index (χ2n) is 7.15. The first-order valence-corrected chi connectivity index (χ1v) is 9.19. The van der Waals surface area contributed by atoms with Gasteiger partial charge in [-0.05, 0) is 30.5 Å². The Morgan fingerprint density at radius 3 is 1.88 bits per heavy atom. The number of carbonyl (C=O) groups excluding carboxylic acids is 1. The summed E-state index contributed by atoms with van der Waals surface area (Å²) in [4.78, 5) is 15.3. The van der Waals surface area contributed by atoms with Crippen LogP contribution in [0.4, 0.5) is 0 Å². The summed E-state index contributed by atoms with van der Waals surface area (Å²) in [6.07, 6.45) is 0. The van der Waals surface area contributed by atoms with E-state index in [9.17, 15) is 4.79 Å². The largest absolute Gasteiger partial charge is 0.292 e. The van der Waals surface area contributed by atoms with Gasteiger partial charge in [-0.15, -0.1) is 0 Å². The molecule has 0 amide bonds. The van der Waals surface area contributed by atoms with E-state index in [-0.39, 0.29) is 17.9 Å². The predicted molar refractivity (Wildman–Crippen MR) is 106 cm³/mol. The molecule has 1 fully saturated rings. The lowest BCUT2D eigenvalue weighted by Gasteiger charge is -2.08. The van der Waals surface area contributed by atoms with E-state index >= 15 is 0 Å². The topological polar surface area (TPSA) is 20.1 Å². The summed E-state index contributed by atoms with van der Waals surface area (Å²) in [6.45, 7) is 4.31. The molecule has 2 nitrogen and oxygen atoms in total. The zero-order valence-corrected chi connectivity index (χ0v) is 15.2. The molecule has 3 aromatic carbocycles. The van der Waals surface area contributed by atoms with Crippen LogP contribution >= 0.6 is 0 Å². The zero-order chi connectivity index (χ0) is 18.1. The third-order valence-corrected chi connectivity index (χ3v) is 5.13. The van der Waals surface area contributed by atoms with Gasteiger partial charge in [0.15, 0.2) is 5.78 Å². The maximum atomic E-state index is 13.0. The molecule has 0 spiro atoms. The molecule has 0 saturated carbocycles. The first-order valence-electron chi connectivity index (χ1n) is 9.19. The highest BCUT2D eigenvalue weighted by Crippen LogP contribution is 2.46. The molecule has 26 heavy (non-hydrogen) atoms. The van der Waals surface area contributed by atoms with E-state index in [1.165, 1.54) is 16.7 Å². The molecule has 0 aliphatic carbocycles. The average molecular weight is 341 g/mol. The molecular formula is C24H23NO. The SMILES string of the molecule is CC(C)N1[C@H](C(=O)c2ccccc2)[C@@H]1c1ccc(-c2ccccc2)cc1. The van der Waals surface area contributed by atoms with E-state index in [2.05, 4.69) is 67.3 Å². The average Bonchev–Trinajstić information content (AvgIpc) is 3.45. The van der Waals surface area contributed by atoms with Crippen LogP contribution in [0.1, 0.15) is 35.8 Å². The molecule has 4 rings (SSSR count). The van der Waals surface area contributed by atoms with Gasteiger partial charge in [-0.2, -0.15) is 0 Å². The Morgan fingerprint density at radius 1 is 0.769 bits per heavy atom. The van der Waals surface area contributed by atoms with E-state index in [0.29, 0.717) is 6.04 Å². The van der Waals surface area contributed by atoms with E-state index in [1.807, 2.05) is 36.4 Å².